The molecule has 0 unspecified atom stereocenters. The van der Waals surface area contributed by atoms with Crippen LogP contribution in [-0.4, -0.2) is 6.26 Å². The number of nitrogen functional groups attached to an aromatic ring is 1. The van der Waals surface area contributed by atoms with Crippen molar-refractivity contribution in [1.29, 1.82) is 0 Å². The second kappa shape index (κ2) is 4.01. The van der Waals surface area contributed by atoms with Crippen molar-refractivity contribution in [3.05, 3.63) is 23.1 Å². The van der Waals surface area contributed by atoms with Gasteiger partial charge in [0.25, 0.3) is 0 Å². The highest BCUT2D eigenvalue weighted by Crippen LogP contribution is 2.36. The zero-order valence-electron chi connectivity index (χ0n) is 7.71. The van der Waals surface area contributed by atoms with Crippen LogP contribution in [-0.2, 0) is 5.88 Å². The summed E-state index contributed by atoms with van der Waals surface area (Å²) in [6, 6.07) is 4.02. The molecule has 0 aliphatic carbocycles. The Kier molecular flexibility index (Phi) is 2.91. The molecule has 74 valence electrons. The van der Waals surface area contributed by atoms with Crippen molar-refractivity contribution in [2.45, 2.75) is 10.8 Å². The minimum atomic E-state index is 0.553. The van der Waals surface area contributed by atoms with Crippen molar-refractivity contribution in [2.24, 2.45) is 0 Å². The minimum Gasteiger partial charge on any atom is -0.399 e. The Bertz CT molecular complexity index is 464. The monoisotopic (exact) mass is 243 g/mol. The number of halogens is 1. The van der Waals surface area contributed by atoms with Crippen LogP contribution in [0.5, 0.6) is 0 Å². The molecule has 0 spiro atoms. The highest BCUT2D eigenvalue weighted by atomic mass is 35.5. The molecule has 14 heavy (non-hydrogen) atoms. The zero-order valence-corrected chi connectivity index (χ0v) is 10.1. The molecule has 4 heteroatoms. The van der Waals surface area contributed by atoms with Gasteiger partial charge in [0.2, 0.25) is 0 Å². The quantitative estimate of drug-likeness (QED) is 0.491. The summed E-state index contributed by atoms with van der Waals surface area (Å²) in [6.07, 6.45) is 2.06. The van der Waals surface area contributed by atoms with Crippen molar-refractivity contribution in [3.63, 3.8) is 0 Å². The van der Waals surface area contributed by atoms with E-state index in [-0.39, 0.29) is 0 Å². The van der Waals surface area contributed by atoms with Gasteiger partial charge in [0.05, 0.1) is 0 Å². The van der Waals surface area contributed by atoms with Crippen LogP contribution in [0.15, 0.2) is 22.4 Å². The first-order valence-electron chi connectivity index (χ1n) is 4.16. The van der Waals surface area contributed by atoms with E-state index < -0.39 is 0 Å². The van der Waals surface area contributed by atoms with Crippen molar-refractivity contribution in [1.82, 2.24) is 0 Å². The molecule has 0 bridgehead atoms. The fraction of sp³-hybridized carbons (Fsp3) is 0.200. The second-order valence-electron chi connectivity index (χ2n) is 2.99. The molecule has 0 fully saturated rings. The number of nitrogens with two attached hydrogens (primary N) is 1. The Morgan fingerprint density at radius 3 is 2.93 bits per heavy atom. The maximum Gasteiger partial charge on any atom is 0.0488 e. The number of fused-ring (bicyclic) bond motifs is 1. The first-order valence-corrected chi connectivity index (χ1v) is 6.79. The lowest BCUT2D eigenvalue weighted by atomic mass is 10.2. The van der Waals surface area contributed by atoms with E-state index in [0.29, 0.717) is 5.88 Å². The molecule has 0 radical (unpaired) electrons. The normalized spacial score (nSPS) is 11.0. The van der Waals surface area contributed by atoms with Crippen LogP contribution in [0, 0.1) is 0 Å². The third-order valence-corrected chi connectivity index (χ3v) is 4.36. The summed E-state index contributed by atoms with van der Waals surface area (Å²) >= 11 is 9.32. The van der Waals surface area contributed by atoms with E-state index in [9.17, 15) is 0 Å². The van der Waals surface area contributed by atoms with E-state index in [4.69, 9.17) is 17.3 Å². The van der Waals surface area contributed by atoms with E-state index in [0.717, 1.165) is 5.69 Å². The van der Waals surface area contributed by atoms with Crippen LogP contribution in [0.4, 0.5) is 5.69 Å². The lowest BCUT2D eigenvalue weighted by Gasteiger charge is -2.02. The van der Waals surface area contributed by atoms with Gasteiger partial charge >= 0.3 is 0 Å². The van der Waals surface area contributed by atoms with Crippen molar-refractivity contribution in [3.8, 4) is 0 Å². The molecule has 0 saturated heterocycles. The van der Waals surface area contributed by atoms with E-state index in [1.54, 1.807) is 23.1 Å². The Hall–Kier alpha value is -0.380. The Labute approximate surface area is 96.2 Å². The van der Waals surface area contributed by atoms with Crippen LogP contribution < -0.4 is 5.73 Å². The molecular formula is C10H10ClNS2. The third kappa shape index (κ3) is 1.60. The summed E-state index contributed by atoms with van der Waals surface area (Å²) in [5, 5.41) is 3.31. The van der Waals surface area contributed by atoms with Crippen LogP contribution in [0.1, 0.15) is 5.56 Å². The van der Waals surface area contributed by atoms with Gasteiger partial charge in [-0.25, -0.2) is 0 Å². The van der Waals surface area contributed by atoms with E-state index in [1.807, 2.05) is 12.1 Å². The van der Waals surface area contributed by atoms with Gasteiger partial charge in [-0.05, 0) is 29.3 Å². The van der Waals surface area contributed by atoms with Crippen LogP contribution in [0.2, 0.25) is 0 Å². The van der Waals surface area contributed by atoms with E-state index in [1.165, 1.54) is 20.5 Å². The van der Waals surface area contributed by atoms with Crippen molar-refractivity contribution in [2.75, 3.05) is 12.0 Å². The summed E-state index contributed by atoms with van der Waals surface area (Å²) in [5.74, 6) is 0.553. The molecule has 0 atom stereocenters. The van der Waals surface area contributed by atoms with Gasteiger partial charge < -0.3 is 5.73 Å². The van der Waals surface area contributed by atoms with Gasteiger partial charge in [0.1, 0.15) is 0 Å². The first-order chi connectivity index (χ1) is 6.76. The predicted molar refractivity (Wildman–Crippen MR) is 67.6 cm³/mol. The molecular weight excluding hydrogens is 234 g/mol. The van der Waals surface area contributed by atoms with Crippen LogP contribution >= 0.6 is 34.7 Å². The standard InChI is InChI=1S/C10H10ClNS2/c1-13-9-3-7(12)2-8-6(4-11)5-14-10(8)9/h2-3,5H,4,12H2,1H3. The number of rotatable bonds is 2. The largest absolute Gasteiger partial charge is 0.399 e. The number of hydrogen-bond donors (Lipinski definition) is 1. The molecule has 1 aromatic heterocycles. The number of thioether (sulfide) groups is 1. The van der Waals surface area contributed by atoms with Gasteiger partial charge in [0, 0.05) is 26.5 Å². The van der Waals surface area contributed by atoms with Gasteiger partial charge in [-0.15, -0.1) is 34.7 Å². The number of anilines is 1. The van der Waals surface area contributed by atoms with Gasteiger partial charge in [-0.3, -0.25) is 0 Å². The lowest BCUT2D eigenvalue weighted by Crippen LogP contribution is -1.85. The average Bonchev–Trinajstić information content (AvgIpc) is 2.59. The molecule has 0 aliphatic heterocycles. The summed E-state index contributed by atoms with van der Waals surface area (Å²) in [6.45, 7) is 0. The predicted octanol–water partition coefficient (Wildman–Crippen LogP) is 3.94. The lowest BCUT2D eigenvalue weighted by molar-refractivity contribution is 1.48. The van der Waals surface area contributed by atoms with E-state index >= 15 is 0 Å². The van der Waals surface area contributed by atoms with Crippen LogP contribution in [0.3, 0.4) is 0 Å². The summed E-state index contributed by atoms with van der Waals surface area (Å²) in [5.41, 5.74) is 7.82. The van der Waals surface area contributed by atoms with Crippen molar-refractivity contribution >= 4 is 50.5 Å². The minimum absolute atomic E-state index is 0.553. The molecule has 0 amide bonds. The Balaban J connectivity index is 2.76. The topological polar surface area (TPSA) is 26.0 Å². The molecule has 0 aliphatic rings. The second-order valence-corrected chi connectivity index (χ2v) is 4.99. The van der Waals surface area contributed by atoms with Crippen LogP contribution in [0.25, 0.3) is 10.1 Å². The van der Waals surface area contributed by atoms with Gasteiger partial charge in [-0.2, -0.15) is 0 Å². The summed E-state index contributed by atoms with van der Waals surface area (Å²) < 4.78 is 1.29. The van der Waals surface area contributed by atoms with Crippen molar-refractivity contribution < 1.29 is 0 Å². The van der Waals surface area contributed by atoms with Gasteiger partial charge in [0.15, 0.2) is 0 Å². The molecule has 0 saturated carbocycles. The average molecular weight is 244 g/mol. The fourth-order valence-electron chi connectivity index (χ4n) is 1.43. The van der Waals surface area contributed by atoms with Gasteiger partial charge in [-0.1, -0.05) is 0 Å². The summed E-state index contributed by atoms with van der Waals surface area (Å²) in [4.78, 5) is 1.24. The molecule has 2 rings (SSSR count). The highest BCUT2D eigenvalue weighted by molar-refractivity contribution is 7.99. The molecule has 2 aromatic rings. The Morgan fingerprint density at radius 1 is 1.50 bits per heavy atom. The van der Waals surface area contributed by atoms with E-state index in [2.05, 4.69) is 11.6 Å². The SMILES string of the molecule is CSc1cc(N)cc2c(CCl)csc12. The molecule has 1 heterocycles. The highest BCUT2D eigenvalue weighted by Gasteiger charge is 2.07. The Morgan fingerprint density at radius 2 is 2.29 bits per heavy atom. The molecule has 2 N–H and O–H groups in total. The first kappa shape index (κ1) is 10.1. The summed E-state index contributed by atoms with van der Waals surface area (Å²) in [7, 11) is 0. The maximum atomic E-state index is 5.85. The fourth-order valence-corrected chi connectivity index (χ4v) is 3.65. The molecule has 1 nitrogen and oxygen atoms in total. The molecule has 1 aromatic carbocycles. The number of hydrogen-bond acceptors (Lipinski definition) is 3. The number of alkyl halides is 1. The zero-order chi connectivity index (χ0) is 10.1. The third-order valence-electron chi connectivity index (χ3n) is 2.11. The number of benzene rings is 1. The maximum absolute atomic E-state index is 5.85. The number of thiophene rings is 1. The smallest absolute Gasteiger partial charge is 0.0488 e.